The lowest BCUT2D eigenvalue weighted by Crippen LogP contribution is -2.14. The van der Waals surface area contributed by atoms with E-state index in [0.29, 0.717) is 11.2 Å². The van der Waals surface area contributed by atoms with E-state index in [0.717, 1.165) is 22.2 Å². The number of thioether (sulfide) groups is 1. The molecule has 1 rings (SSSR count). The van der Waals surface area contributed by atoms with E-state index in [2.05, 4.69) is 43.1 Å². The van der Waals surface area contributed by atoms with Crippen molar-refractivity contribution in [1.29, 1.82) is 0 Å². The topological polar surface area (TPSA) is 63.8 Å². The third kappa shape index (κ3) is 3.09. The Morgan fingerprint density at radius 2 is 1.81 bits per heavy atom. The van der Waals surface area contributed by atoms with Gasteiger partial charge in [-0.2, -0.15) is 0 Å². The van der Waals surface area contributed by atoms with Crippen LogP contribution in [0.1, 0.15) is 45.0 Å². The predicted octanol–water partition coefficient (Wildman–Crippen LogP) is 2.69. The fraction of sp³-hybridized carbons (Fsp3) is 0.636. The van der Waals surface area contributed by atoms with Crippen LogP contribution in [0.3, 0.4) is 0 Å². The van der Waals surface area contributed by atoms with Gasteiger partial charge in [0, 0.05) is 16.7 Å². The van der Waals surface area contributed by atoms with Gasteiger partial charge in [-0.25, -0.2) is 15.8 Å². The minimum absolute atomic E-state index is 0.305. The number of nitrogens with two attached hydrogens (primary N) is 1. The van der Waals surface area contributed by atoms with E-state index in [9.17, 15) is 0 Å². The van der Waals surface area contributed by atoms with Gasteiger partial charge in [0.2, 0.25) is 0 Å². The van der Waals surface area contributed by atoms with Gasteiger partial charge >= 0.3 is 0 Å². The van der Waals surface area contributed by atoms with Crippen molar-refractivity contribution in [2.75, 3.05) is 5.43 Å². The molecule has 0 aliphatic carbocycles. The fourth-order valence-corrected chi connectivity index (χ4v) is 2.12. The van der Waals surface area contributed by atoms with Crippen LogP contribution in [-0.2, 0) is 0 Å². The molecule has 0 radical (unpaired) electrons. The Kier molecular flexibility index (Phi) is 4.56. The maximum absolute atomic E-state index is 5.47. The summed E-state index contributed by atoms with van der Waals surface area (Å²) in [7, 11) is 0. The molecule has 4 nitrogen and oxygen atoms in total. The molecule has 16 heavy (non-hydrogen) atoms. The average molecular weight is 240 g/mol. The van der Waals surface area contributed by atoms with Gasteiger partial charge in [-0.15, -0.1) is 11.8 Å². The Bertz CT molecular complexity index is 363. The first kappa shape index (κ1) is 13.3. The van der Waals surface area contributed by atoms with Crippen molar-refractivity contribution in [3.63, 3.8) is 0 Å². The largest absolute Gasteiger partial charge is 0.308 e. The van der Waals surface area contributed by atoms with Crippen LogP contribution in [0.4, 0.5) is 5.82 Å². The van der Waals surface area contributed by atoms with E-state index < -0.39 is 0 Å². The summed E-state index contributed by atoms with van der Waals surface area (Å²) in [5.41, 5.74) is 3.66. The maximum atomic E-state index is 5.47. The van der Waals surface area contributed by atoms with Crippen LogP contribution < -0.4 is 11.3 Å². The second-order valence-electron chi connectivity index (χ2n) is 4.33. The quantitative estimate of drug-likeness (QED) is 0.367. The number of rotatable bonds is 4. The summed E-state index contributed by atoms with van der Waals surface area (Å²) in [6.45, 7) is 10.4. The third-order valence-corrected chi connectivity index (χ3v) is 3.21. The lowest BCUT2D eigenvalue weighted by Gasteiger charge is -2.14. The molecule has 0 fully saturated rings. The number of hydrogen-bond acceptors (Lipinski definition) is 5. The van der Waals surface area contributed by atoms with Gasteiger partial charge in [0.25, 0.3) is 0 Å². The Balaban J connectivity index is 3.19. The number of hydrogen-bond donors (Lipinski definition) is 2. The van der Waals surface area contributed by atoms with E-state index in [4.69, 9.17) is 5.84 Å². The number of nitrogens with one attached hydrogen (secondary N) is 1. The summed E-state index contributed by atoms with van der Waals surface area (Å²) in [6.07, 6.45) is 0. The Morgan fingerprint density at radius 3 is 2.25 bits per heavy atom. The average Bonchev–Trinajstić information content (AvgIpc) is 2.20. The van der Waals surface area contributed by atoms with Gasteiger partial charge in [0.15, 0.2) is 0 Å². The first-order chi connectivity index (χ1) is 7.45. The van der Waals surface area contributed by atoms with E-state index >= 15 is 0 Å². The number of nitrogens with zero attached hydrogens (tertiary/aromatic N) is 2. The fourth-order valence-electron chi connectivity index (χ4n) is 1.25. The van der Waals surface area contributed by atoms with Crippen molar-refractivity contribution in [3.8, 4) is 0 Å². The summed E-state index contributed by atoms with van der Waals surface area (Å²) in [5, 5.41) is 1.51. The van der Waals surface area contributed by atoms with Gasteiger partial charge in [-0.05, 0) is 6.92 Å². The van der Waals surface area contributed by atoms with E-state index in [1.165, 1.54) is 0 Å². The molecule has 5 heteroatoms. The number of nitrogen functional groups attached to an aromatic ring is 1. The van der Waals surface area contributed by atoms with Crippen LogP contribution in [0.15, 0.2) is 5.03 Å². The number of hydrazine groups is 1. The Hall–Kier alpha value is -0.810. The minimum Gasteiger partial charge on any atom is -0.308 e. The zero-order valence-electron chi connectivity index (χ0n) is 10.5. The Morgan fingerprint density at radius 1 is 1.19 bits per heavy atom. The molecular weight excluding hydrogens is 220 g/mol. The molecule has 0 bridgehead atoms. The molecule has 0 saturated heterocycles. The molecule has 3 N–H and O–H groups in total. The summed E-state index contributed by atoms with van der Waals surface area (Å²) < 4.78 is 0. The molecule has 0 aromatic carbocycles. The summed E-state index contributed by atoms with van der Waals surface area (Å²) >= 11 is 1.74. The zero-order valence-corrected chi connectivity index (χ0v) is 11.4. The van der Waals surface area contributed by atoms with Crippen LogP contribution in [0, 0.1) is 6.92 Å². The highest BCUT2D eigenvalue weighted by molar-refractivity contribution is 7.99. The number of aromatic nitrogens is 2. The highest BCUT2D eigenvalue weighted by Crippen LogP contribution is 2.29. The molecule has 1 aromatic rings. The highest BCUT2D eigenvalue weighted by atomic mass is 32.2. The van der Waals surface area contributed by atoms with Crippen molar-refractivity contribution in [3.05, 3.63) is 11.4 Å². The molecule has 0 amide bonds. The monoisotopic (exact) mass is 240 g/mol. The molecule has 0 unspecified atom stereocenters. The molecule has 0 spiro atoms. The SMILES string of the molecule is Cc1c(NN)nc(C(C)C)nc1SC(C)C. The van der Waals surface area contributed by atoms with Crippen molar-refractivity contribution in [1.82, 2.24) is 9.97 Å². The normalized spacial score (nSPS) is 11.2. The van der Waals surface area contributed by atoms with Crippen LogP contribution in [0.25, 0.3) is 0 Å². The molecular formula is C11H20N4S. The standard InChI is InChI=1S/C11H20N4S/c1-6(2)9-13-10(15-12)8(5)11(14-9)16-7(3)4/h6-7H,12H2,1-5H3,(H,13,14,15). The lowest BCUT2D eigenvalue weighted by atomic mass is 10.2. The van der Waals surface area contributed by atoms with E-state index in [-0.39, 0.29) is 0 Å². The molecule has 0 aliphatic heterocycles. The lowest BCUT2D eigenvalue weighted by molar-refractivity contribution is 0.748. The summed E-state index contributed by atoms with van der Waals surface area (Å²) in [4.78, 5) is 8.97. The van der Waals surface area contributed by atoms with Gasteiger partial charge in [-0.1, -0.05) is 27.7 Å². The van der Waals surface area contributed by atoms with Crippen molar-refractivity contribution >= 4 is 17.6 Å². The second-order valence-corrected chi connectivity index (χ2v) is 5.89. The first-order valence-corrected chi connectivity index (χ1v) is 6.35. The Labute approximate surface area is 101 Å². The third-order valence-electron chi connectivity index (χ3n) is 2.12. The van der Waals surface area contributed by atoms with E-state index in [1.807, 2.05) is 6.92 Å². The summed E-state index contributed by atoms with van der Waals surface area (Å²) in [5.74, 6) is 7.33. The maximum Gasteiger partial charge on any atom is 0.147 e. The van der Waals surface area contributed by atoms with Gasteiger partial charge < -0.3 is 5.43 Å². The minimum atomic E-state index is 0.305. The predicted molar refractivity (Wildman–Crippen MR) is 69.7 cm³/mol. The van der Waals surface area contributed by atoms with Crippen LogP contribution in [0.2, 0.25) is 0 Å². The first-order valence-electron chi connectivity index (χ1n) is 5.47. The van der Waals surface area contributed by atoms with Gasteiger partial charge in [0.05, 0.1) is 0 Å². The molecule has 0 saturated carbocycles. The van der Waals surface area contributed by atoms with Crippen molar-refractivity contribution in [2.45, 2.75) is 50.8 Å². The number of anilines is 1. The van der Waals surface area contributed by atoms with Crippen LogP contribution in [-0.4, -0.2) is 15.2 Å². The summed E-state index contributed by atoms with van der Waals surface area (Å²) in [6, 6.07) is 0. The molecule has 0 aliphatic rings. The van der Waals surface area contributed by atoms with Crippen molar-refractivity contribution in [2.24, 2.45) is 5.84 Å². The smallest absolute Gasteiger partial charge is 0.147 e. The molecule has 0 atom stereocenters. The van der Waals surface area contributed by atoms with Crippen molar-refractivity contribution < 1.29 is 0 Å². The van der Waals surface area contributed by atoms with Crippen LogP contribution in [0.5, 0.6) is 0 Å². The highest BCUT2D eigenvalue weighted by Gasteiger charge is 2.13. The second kappa shape index (κ2) is 5.50. The molecule has 1 heterocycles. The zero-order chi connectivity index (χ0) is 12.3. The van der Waals surface area contributed by atoms with E-state index in [1.54, 1.807) is 11.8 Å². The molecule has 90 valence electrons. The van der Waals surface area contributed by atoms with Gasteiger partial charge in [0.1, 0.15) is 16.7 Å². The van der Waals surface area contributed by atoms with Gasteiger partial charge in [-0.3, -0.25) is 0 Å². The molecule has 1 aromatic heterocycles. The van der Waals surface area contributed by atoms with Crippen LogP contribution >= 0.6 is 11.8 Å².